The monoisotopic (exact) mass is 536 g/mol. The number of hydrogen-bond donors (Lipinski definition) is 2. The van der Waals surface area contributed by atoms with Crippen LogP contribution < -0.4 is 10.6 Å². The predicted molar refractivity (Wildman–Crippen MR) is 150 cm³/mol. The zero-order valence-corrected chi connectivity index (χ0v) is 20.8. The largest absolute Gasteiger partial charge is 0.340 e. The maximum Gasteiger partial charge on any atom is 0.229 e. The lowest BCUT2D eigenvalue weighted by Crippen LogP contribution is -2.03. The molecule has 2 N–H and O–H groups in total. The summed E-state index contributed by atoms with van der Waals surface area (Å²) in [5.41, 5.74) is 4.61. The normalized spacial score (nSPS) is 11.0. The highest BCUT2D eigenvalue weighted by Crippen LogP contribution is 2.37. The number of rotatable bonds is 6. The van der Waals surface area contributed by atoms with Crippen LogP contribution in [0.1, 0.15) is 0 Å². The van der Waals surface area contributed by atoms with Gasteiger partial charge in [-0.1, -0.05) is 24.3 Å². The molecule has 0 aliphatic carbocycles. The smallest absolute Gasteiger partial charge is 0.229 e. The van der Waals surface area contributed by atoms with Crippen molar-refractivity contribution in [1.29, 1.82) is 0 Å². The van der Waals surface area contributed by atoms with Gasteiger partial charge in [-0.3, -0.25) is 0 Å². The van der Waals surface area contributed by atoms with E-state index in [1.165, 1.54) is 48.5 Å². The van der Waals surface area contributed by atoms with Crippen molar-refractivity contribution in [2.45, 2.75) is 0 Å². The van der Waals surface area contributed by atoms with Crippen LogP contribution in [0.3, 0.4) is 0 Å². The van der Waals surface area contributed by atoms with Crippen LogP contribution in [0.5, 0.6) is 0 Å². The third kappa shape index (κ3) is 5.33. The van der Waals surface area contributed by atoms with E-state index < -0.39 is 0 Å². The Morgan fingerprint density at radius 2 is 0.925 bits per heavy atom. The molecule has 8 heteroatoms. The Hall–Kier alpha value is -5.24. The van der Waals surface area contributed by atoms with Crippen LogP contribution in [0.2, 0.25) is 0 Å². The molecule has 1 aromatic heterocycles. The molecule has 0 saturated carbocycles. The van der Waals surface area contributed by atoms with Crippen LogP contribution in [-0.2, 0) is 0 Å². The van der Waals surface area contributed by atoms with Gasteiger partial charge in [-0.05, 0) is 102 Å². The van der Waals surface area contributed by atoms with Gasteiger partial charge in [-0.15, -0.1) is 0 Å². The number of halogens is 4. The molecule has 0 atom stereocenters. The van der Waals surface area contributed by atoms with Crippen LogP contribution in [0.15, 0.2) is 109 Å². The van der Waals surface area contributed by atoms with E-state index in [0.717, 1.165) is 11.1 Å². The lowest BCUT2D eigenvalue weighted by Gasteiger charge is -2.16. The van der Waals surface area contributed by atoms with Gasteiger partial charge in [0.25, 0.3) is 0 Å². The minimum absolute atomic E-state index is 0.224. The summed E-state index contributed by atoms with van der Waals surface area (Å²) in [5.74, 6) is -0.865. The highest BCUT2D eigenvalue weighted by Gasteiger charge is 2.16. The van der Waals surface area contributed by atoms with Gasteiger partial charge in [-0.2, -0.15) is 4.98 Å². The lowest BCUT2D eigenvalue weighted by molar-refractivity contribution is 0.627. The molecule has 0 aliphatic rings. The van der Waals surface area contributed by atoms with Crippen LogP contribution in [-0.4, -0.2) is 9.97 Å². The second-order valence-corrected chi connectivity index (χ2v) is 9.09. The Balaban J connectivity index is 1.59. The molecule has 0 unspecified atom stereocenters. The van der Waals surface area contributed by atoms with Crippen molar-refractivity contribution in [3.63, 3.8) is 0 Å². The second kappa shape index (κ2) is 10.5. The van der Waals surface area contributed by atoms with Crippen LogP contribution in [0.4, 0.5) is 40.7 Å². The average molecular weight is 537 g/mol. The first kappa shape index (κ1) is 25.1. The van der Waals surface area contributed by atoms with Crippen molar-refractivity contribution < 1.29 is 17.6 Å². The molecule has 0 radical (unpaired) electrons. The Bertz CT molecular complexity index is 1800. The Labute approximate surface area is 227 Å². The zero-order valence-electron chi connectivity index (χ0n) is 20.8. The third-order valence-corrected chi connectivity index (χ3v) is 6.34. The molecule has 0 aliphatic heterocycles. The standard InChI is InChI=1S/C32H20F4N4/c33-22-5-1-19(2-6-22)21-17-28(20-3-7-23(34)8-4-20)30-29(18-21)31(37-26-13-9-24(35)10-14-26)40-32(39-30)38-27-15-11-25(36)12-16-27/h1-18H,(H2,37,38,39,40). The molecule has 40 heavy (non-hydrogen) atoms. The Morgan fingerprint density at radius 1 is 0.450 bits per heavy atom. The van der Waals surface area contributed by atoms with E-state index in [2.05, 4.69) is 10.6 Å². The first-order valence-electron chi connectivity index (χ1n) is 12.3. The Kier molecular flexibility index (Phi) is 6.57. The van der Waals surface area contributed by atoms with E-state index in [1.807, 2.05) is 12.1 Å². The van der Waals surface area contributed by atoms with Crippen LogP contribution >= 0.6 is 0 Å². The van der Waals surface area contributed by atoms with Gasteiger partial charge in [0, 0.05) is 22.3 Å². The number of nitrogens with zero attached hydrogens (tertiary/aromatic N) is 2. The Morgan fingerprint density at radius 3 is 1.48 bits per heavy atom. The van der Waals surface area contributed by atoms with Gasteiger partial charge in [0.05, 0.1) is 5.52 Å². The van der Waals surface area contributed by atoms with Crippen molar-refractivity contribution in [2.75, 3.05) is 10.6 Å². The number of aromatic nitrogens is 2. The van der Waals surface area contributed by atoms with Gasteiger partial charge in [0.2, 0.25) is 5.95 Å². The fourth-order valence-electron chi connectivity index (χ4n) is 4.37. The fourth-order valence-corrected chi connectivity index (χ4v) is 4.37. The molecule has 1 heterocycles. The van der Waals surface area contributed by atoms with E-state index in [4.69, 9.17) is 9.97 Å². The quantitative estimate of drug-likeness (QED) is 0.209. The number of hydrogen-bond acceptors (Lipinski definition) is 4. The fraction of sp³-hybridized carbons (Fsp3) is 0. The predicted octanol–water partition coefficient (Wildman–Crippen LogP) is 9.01. The SMILES string of the molecule is Fc1ccc(Nc2nc(Nc3ccc(F)cc3)c3cc(-c4ccc(F)cc4)cc(-c4ccc(F)cc4)c3n2)cc1. The maximum absolute atomic E-state index is 13.8. The molecule has 0 fully saturated rings. The lowest BCUT2D eigenvalue weighted by atomic mass is 9.95. The van der Waals surface area contributed by atoms with E-state index >= 15 is 0 Å². The van der Waals surface area contributed by atoms with E-state index in [9.17, 15) is 17.6 Å². The van der Waals surface area contributed by atoms with Crippen LogP contribution in [0.25, 0.3) is 33.2 Å². The zero-order chi connectivity index (χ0) is 27.6. The molecule has 0 saturated heterocycles. The average Bonchev–Trinajstić information content (AvgIpc) is 2.96. The van der Waals surface area contributed by atoms with Gasteiger partial charge in [0.15, 0.2) is 0 Å². The minimum atomic E-state index is -0.381. The summed E-state index contributed by atoms with van der Waals surface area (Å²) in [5, 5.41) is 6.98. The van der Waals surface area contributed by atoms with Crippen molar-refractivity contribution in [3.05, 3.63) is 132 Å². The molecule has 6 rings (SSSR count). The second-order valence-electron chi connectivity index (χ2n) is 9.09. The molecule has 0 spiro atoms. The van der Waals surface area contributed by atoms with E-state index in [0.29, 0.717) is 39.2 Å². The molecule has 5 aromatic carbocycles. The first-order valence-corrected chi connectivity index (χ1v) is 12.3. The molecule has 4 nitrogen and oxygen atoms in total. The molecule has 196 valence electrons. The van der Waals surface area contributed by atoms with Gasteiger partial charge in [-0.25, -0.2) is 22.5 Å². The first-order chi connectivity index (χ1) is 19.4. The van der Waals surface area contributed by atoms with Crippen molar-refractivity contribution in [1.82, 2.24) is 9.97 Å². The molecule has 0 amide bonds. The summed E-state index contributed by atoms with van der Waals surface area (Å²) in [7, 11) is 0. The highest BCUT2D eigenvalue weighted by atomic mass is 19.1. The molecular formula is C32H20F4N4. The topological polar surface area (TPSA) is 49.8 Å². The van der Waals surface area contributed by atoms with Crippen molar-refractivity contribution in [2.24, 2.45) is 0 Å². The summed E-state index contributed by atoms with van der Waals surface area (Å²) in [6.07, 6.45) is 0. The van der Waals surface area contributed by atoms with E-state index in [-0.39, 0.29) is 29.2 Å². The molecule has 6 aromatic rings. The minimum Gasteiger partial charge on any atom is -0.340 e. The van der Waals surface area contributed by atoms with Gasteiger partial charge < -0.3 is 10.6 Å². The summed E-state index contributed by atoms with van der Waals surface area (Å²) in [6, 6.07) is 27.5. The summed E-state index contributed by atoms with van der Waals surface area (Å²) < 4.78 is 54.6. The highest BCUT2D eigenvalue weighted by molar-refractivity contribution is 6.03. The van der Waals surface area contributed by atoms with Gasteiger partial charge >= 0.3 is 0 Å². The number of fused-ring (bicyclic) bond motifs is 1. The summed E-state index contributed by atoms with van der Waals surface area (Å²) >= 11 is 0. The number of nitrogens with one attached hydrogen (secondary N) is 2. The molecule has 0 bridgehead atoms. The number of anilines is 4. The van der Waals surface area contributed by atoms with Crippen molar-refractivity contribution in [3.8, 4) is 22.3 Å². The summed E-state index contributed by atoms with van der Waals surface area (Å²) in [4.78, 5) is 9.48. The number of benzene rings is 5. The van der Waals surface area contributed by atoms with Gasteiger partial charge in [0.1, 0.15) is 29.1 Å². The molecular weight excluding hydrogens is 516 g/mol. The van der Waals surface area contributed by atoms with Crippen LogP contribution in [0, 0.1) is 23.3 Å². The maximum atomic E-state index is 13.8. The summed E-state index contributed by atoms with van der Waals surface area (Å²) in [6.45, 7) is 0. The van der Waals surface area contributed by atoms with E-state index in [1.54, 1.807) is 48.5 Å². The third-order valence-electron chi connectivity index (χ3n) is 6.34. The van der Waals surface area contributed by atoms with Crippen molar-refractivity contribution >= 4 is 34.0 Å².